The first-order valence-electron chi connectivity index (χ1n) is 5.98. The van der Waals surface area contributed by atoms with Crippen LogP contribution in [0.15, 0.2) is 29.2 Å². The van der Waals surface area contributed by atoms with Gasteiger partial charge in [-0.2, -0.15) is 18.4 Å². The molecular formula is C12H7ClF3N5O. The molecule has 0 aliphatic heterocycles. The summed E-state index contributed by atoms with van der Waals surface area (Å²) in [6.07, 6.45) is -3.25. The van der Waals surface area contributed by atoms with Crippen LogP contribution in [0.4, 0.5) is 13.2 Å². The summed E-state index contributed by atoms with van der Waals surface area (Å²) in [5, 5.41) is 12.7. The average molecular weight is 330 g/mol. The van der Waals surface area contributed by atoms with E-state index in [0.29, 0.717) is 0 Å². The summed E-state index contributed by atoms with van der Waals surface area (Å²) in [4.78, 5) is 11.8. The monoisotopic (exact) mass is 329 g/mol. The number of rotatable bonds is 2. The number of pyridine rings is 1. The molecule has 0 saturated carbocycles. The largest absolute Gasteiger partial charge is 0.417 e. The molecule has 114 valence electrons. The van der Waals surface area contributed by atoms with Crippen molar-refractivity contribution in [1.82, 2.24) is 25.2 Å². The van der Waals surface area contributed by atoms with Gasteiger partial charge in [-0.3, -0.25) is 4.79 Å². The van der Waals surface area contributed by atoms with Gasteiger partial charge in [-0.1, -0.05) is 16.8 Å². The molecule has 0 radical (unpaired) electrons. The number of benzene rings is 1. The summed E-state index contributed by atoms with van der Waals surface area (Å²) in [5.41, 5.74) is -1.34. The van der Waals surface area contributed by atoms with Gasteiger partial charge in [0.05, 0.1) is 22.6 Å². The van der Waals surface area contributed by atoms with Crippen molar-refractivity contribution in [3.63, 3.8) is 0 Å². The van der Waals surface area contributed by atoms with Crippen LogP contribution < -0.4 is 5.43 Å². The fraction of sp³-hybridized carbons (Fsp3) is 0.167. The lowest BCUT2D eigenvalue weighted by molar-refractivity contribution is -0.137. The molecule has 0 atom stereocenters. The molecule has 0 aliphatic rings. The van der Waals surface area contributed by atoms with E-state index in [4.69, 9.17) is 11.6 Å². The van der Waals surface area contributed by atoms with Crippen LogP contribution in [0.3, 0.4) is 0 Å². The Morgan fingerprint density at radius 3 is 2.73 bits per heavy atom. The number of tetrazole rings is 1. The van der Waals surface area contributed by atoms with Gasteiger partial charge in [-0.15, -0.1) is 10.2 Å². The predicted molar refractivity (Wildman–Crippen MR) is 71.5 cm³/mol. The molecule has 6 nitrogen and oxygen atoms in total. The van der Waals surface area contributed by atoms with Crippen molar-refractivity contribution in [3.05, 3.63) is 51.0 Å². The summed E-state index contributed by atoms with van der Waals surface area (Å²) >= 11 is 5.65. The standard InChI is InChI=1S/C12H7ClF3N5O/c13-8-3-6-9(4-7(8)12(14,15)16)21(2-1-10(6)22)5-11-17-19-20-18-11/h1-4H,5H2,(H,17,18,19,20). The van der Waals surface area contributed by atoms with Gasteiger partial charge in [0.1, 0.15) is 0 Å². The second-order valence-corrected chi connectivity index (χ2v) is 4.89. The SMILES string of the molecule is O=c1ccn(Cc2nn[nH]n2)c2cc(C(F)(F)F)c(Cl)cc12. The number of nitrogens with one attached hydrogen (secondary N) is 1. The van der Waals surface area contributed by atoms with Crippen LogP contribution in [-0.4, -0.2) is 25.2 Å². The Kier molecular flexibility index (Phi) is 3.36. The zero-order valence-corrected chi connectivity index (χ0v) is 11.5. The van der Waals surface area contributed by atoms with E-state index in [0.717, 1.165) is 12.1 Å². The minimum Gasteiger partial charge on any atom is -0.339 e. The van der Waals surface area contributed by atoms with Crippen molar-refractivity contribution in [2.75, 3.05) is 0 Å². The van der Waals surface area contributed by atoms with Crippen molar-refractivity contribution in [2.45, 2.75) is 12.7 Å². The Hall–Kier alpha value is -2.42. The molecule has 3 aromatic rings. The van der Waals surface area contributed by atoms with Crippen LogP contribution in [0.1, 0.15) is 11.4 Å². The molecule has 2 aromatic heterocycles. The number of aromatic amines is 1. The molecule has 0 fully saturated rings. The van der Waals surface area contributed by atoms with Crippen molar-refractivity contribution in [1.29, 1.82) is 0 Å². The molecule has 0 aliphatic carbocycles. The number of nitrogens with zero attached hydrogens (tertiary/aromatic N) is 4. The lowest BCUT2D eigenvalue weighted by atomic mass is 10.1. The second kappa shape index (κ2) is 5.09. The zero-order chi connectivity index (χ0) is 15.9. The highest BCUT2D eigenvalue weighted by Crippen LogP contribution is 2.36. The van der Waals surface area contributed by atoms with E-state index in [2.05, 4.69) is 20.6 Å². The third-order valence-electron chi connectivity index (χ3n) is 3.07. The molecule has 2 heterocycles. The lowest BCUT2D eigenvalue weighted by Gasteiger charge is -2.13. The molecular weight excluding hydrogens is 323 g/mol. The van der Waals surface area contributed by atoms with Crippen LogP contribution >= 0.6 is 11.6 Å². The number of hydrogen-bond acceptors (Lipinski definition) is 4. The molecule has 0 unspecified atom stereocenters. The van der Waals surface area contributed by atoms with Crippen LogP contribution in [0, 0.1) is 0 Å². The van der Waals surface area contributed by atoms with E-state index in [1.165, 1.54) is 16.8 Å². The first kappa shape index (κ1) is 14.5. The maximum atomic E-state index is 13.0. The topological polar surface area (TPSA) is 76.5 Å². The van der Waals surface area contributed by atoms with E-state index in [9.17, 15) is 18.0 Å². The molecule has 0 saturated heterocycles. The lowest BCUT2D eigenvalue weighted by Crippen LogP contribution is -2.13. The Morgan fingerprint density at radius 1 is 1.32 bits per heavy atom. The summed E-state index contributed by atoms with van der Waals surface area (Å²) in [6, 6.07) is 3.11. The van der Waals surface area contributed by atoms with Gasteiger partial charge in [0, 0.05) is 17.6 Å². The molecule has 0 bridgehead atoms. The van der Waals surface area contributed by atoms with E-state index in [-0.39, 0.29) is 23.3 Å². The third-order valence-corrected chi connectivity index (χ3v) is 3.39. The summed E-state index contributed by atoms with van der Waals surface area (Å²) in [5.74, 6) is 0.272. The van der Waals surface area contributed by atoms with Gasteiger partial charge < -0.3 is 4.57 Å². The molecule has 0 spiro atoms. The fourth-order valence-corrected chi connectivity index (χ4v) is 2.35. The van der Waals surface area contributed by atoms with Gasteiger partial charge in [0.2, 0.25) is 0 Å². The van der Waals surface area contributed by atoms with Gasteiger partial charge in [0.15, 0.2) is 11.3 Å². The molecule has 10 heteroatoms. The summed E-state index contributed by atoms with van der Waals surface area (Å²) in [6.45, 7) is 0.0617. The number of alkyl halides is 3. The van der Waals surface area contributed by atoms with Crippen molar-refractivity contribution in [3.8, 4) is 0 Å². The number of halogens is 4. The van der Waals surface area contributed by atoms with Gasteiger partial charge in [0.25, 0.3) is 0 Å². The molecule has 0 amide bonds. The highest BCUT2D eigenvalue weighted by molar-refractivity contribution is 6.32. The molecule has 1 N–H and O–H groups in total. The van der Waals surface area contributed by atoms with Gasteiger partial charge >= 0.3 is 6.18 Å². The number of aromatic nitrogens is 5. The van der Waals surface area contributed by atoms with E-state index in [1.54, 1.807) is 0 Å². The Balaban J connectivity index is 2.25. The van der Waals surface area contributed by atoms with Gasteiger partial charge in [-0.05, 0) is 12.1 Å². The molecule has 3 rings (SSSR count). The van der Waals surface area contributed by atoms with E-state index < -0.39 is 22.2 Å². The average Bonchev–Trinajstić information content (AvgIpc) is 2.93. The number of hydrogen-bond donors (Lipinski definition) is 1. The highest BCUT2D eigenvalue weighted by atomic mass is 35.5. The molecule has 1 aromatic carbocycles. The van der Waals surface area contributed by atoms with Crippen LogP contribution in [0.2, 0.25) is 5.02 Å². The van der Waals surface area contributed by atoms with Gasteiger partial charge in [-0.25, -0.2) is 0 Å². The van der Waals surface area contributed by atoms with Crippen molar-refractivity contribution < 1.29 is 13.2 Å². The van der Waals surface area contributed by atoms with E-state index in [1.807, 2.05) is 0 Å². The van der Waals surface area contributed by atoms with Crippen molar-refractivity contribution >= 4 is 22.5 Å². The quantitative estimate of drug-likeness (QED) is 0.782. The van der Waals surface area contributed by atoms with E-state index >= 15 is 0 Å². The Bertz CT molecular complexity index is 888. The predicted octanol–water partition coefficient (Wildman–Crippen LogP) is 2.24. The van der Waals surface area contributed by atoms with Crippen molar-refractivity contribution in [2.24, 2.45) is 0 Å². The van der Waals surface area contributed by atoms with Crippen LogP contribution in [0.25, 0.3) is 10.9 Å². The maximum absolute atomic E-state index is 13.0. The third kappa shape index (κ3) is 2.54. The fourth-order valence-electron chi connectivity index (χ4n) is 2.08. The first-order chi connectivity index (χ1) is 10.4. The smallest absolute Gasteiger partial charge is 0.339 e. The summed E-state index contributed by atoms with van der Waals surface area (Å²) in [7, 11) is 0. The van der Waals surface area contributed by atoms with Crippen LogP contribution in [-0.2, 0) is 12.7 Å². The minimum absolute atomic E-state index is 0.0617. The number of H-pyrrole nitrogens is 1. The second-order valence-electron chi connectivity index (χ2n) is 4.48. The Morgan fingerprint density at radius 2 is 2.09 bits per heavy atom. The number of fused-ring (bicyclic) bond motifs is 1. The Labute approximate surface area is 125 Å². The normalized spacial score (nSPS) is 12.0. The minimum atomic E-state index is -4.62. The first-order valence-corrected chi connectivity index (χ1v) is 6.36. The van der Waals surface area contributed by atoms with Crippen LogP contribution in [0.5, 0.6) is 0 Å². The molecule has 22 heavy (non-hydrogen) atoms. The maximum Gasteiger partial charge on any atom is 0.417 e. The highest BCUT2D eigenvalue weighted by Gasteiger charge is 2.33. The summed E-state index contributed by atoms with van der Waals surface area (Å²) < 4.78 is 40.3. The zero-order valence-electron chi connectivity index (χ0n) is 10.7.